The van der Waals surface area contributed by atoms with Crippen molar-refractivity contribution in [2.24, 2.45) is 0 Å². The van der Waals surface area contributed by atoms with E-state index in [1.807, 2.05) is 24.3 Å². The Morgan fingerprint density at radius 3 is 2.58 bits per heavy atom. The molecule has 0 bridgehead atoms. The lowest BCUT2D eigenvalue weighted by Crippen LogP contribution is -2.11. The highest BCUT2D eigenvalue weighted by Crippen LogP contribution is 2.34. The largest absolute Gasteiger partial charge is 0.379 e. The summed E-state index contributed by atoms with van der Waals surface area (Å²) >= 11 is 0. The van der Waals surface area contributed by atoms with Crippen molar-refractivity contribution >= 4 is 16.7 Å². The minimum Gasteiger partial charge on any atom is -0.379 e. The van der Waals surface area contributed by atoms with Crippen LogP contribution in [0.3, 0.4) is 0 Å². The SMILES string of the molecule is Nc1nc(C2CCCCC2)c2ccccc2nc1=O. The highest BCUT2D eigenvalue weighted by molar-refractivity contribution is 5.81. The van der Waals surface area contributed by atoms with Crippen LogP contribution in [0.5, 0.6) is 0 Å². The maximum Gasteiger partial charge on any atom is 0.312 e. The molecule has 0 atom stereocenters. The number of nitrogen functional groups attached to an aromatic ring is 1. The zero-order chi connectivity index (χ0) is 13.2. The van der Waals surface area contributed by atoms with Crippen LogP contribution in [-0.2, 0) is 0 Å². The van der Waals surface area contributed by atoms with Crippen LogP contribution in [0.25, 0.3) is 10.9 Å². The molecule has 1 saturated carbocycles. The van der Waals surface area contributed by atoms with Crippen LogP contribution in [0.1, 0.15) is 43.7 Å². The second-order valence-corrected chi connectivity index (χ2v) is 5.15. The minimum absolute atomic E-state index is 0.0109. The molecule has 0 spiro atoms. The molecule has 1 fully saturated rings. The van der Waals surface area contributed by atoms with E-state index < -0.39 is 5.56 Å². The van der Waals surface area contributed by atoms with Gasteiger partial charge in [-0.05, 0) is 18.9 Å². The molecule has 1 aliphatic rings. The van der Waals surface area contributed by atoms with Gasteiger partial charge >= 0.3 is 5.56 Å². The Kier molecular flexibility index (Phi) is 3.15. The van der Waals surface area contributed by atoms with E-state index in [1.165, 1.54) is 19.3 Å². The van der Waals surface area contributed by atoms with Crippen LogP contribution in [0, 0.1) is 0 Å². The van der Waals surface area contributed by atoms with Gasteiger partial charge in [0, 0.05) is 11.3 Å². The summed E-state index contributed by atoms with van der Waals surface area (Å²) in [6, 6.07) is 7.68. The number of nitrogens with zero attached hydrogens (tertiary/aromatic N) is 2. The van der Waals surface area contributed by atoms with E-state index in [9.17, 15) is 4.79 Å². The second-order valence-electron chi connectivity index (χ2n) is 5.15. The molecule has 0 radical (unpaired) electrons. The van der Waals surface area contributed by atoms with Gasteiger partial charge in [0.05, 0.1) is 11.2 Å². The molecule has 4 heteroatoms. The Labute approximate surface area is 111 Å². The van der Waals surface area contributed by atoms with Crippen LogP contribution >= 0.6 is 0 Å². The van der Waals surface area contributed by atoms with Gasteiger partial charge in [-0.25, -0.2) is 9.97 Å². The summed E-state index contributed by atoms with van der Waals surface area (Å²) in [7, 11) is 0. The molecule has 2 aromatic rings. The van der Waals surface area contributed by atoms with Gasteiger partial charge in [0.15, 0.2) is 5.82 Å². The van der Waals surface area contributed by atoms with Gasteiger partial charge in [-0.2, -0.15) is 0 Å². The lowest BCUT2D eigenvalue weighted by Gasteiger charge is -2.21. The summed E-state index contributed by atoms with van der Waals surface area (Å²) in [5, 5.41) is 0.961. The maximum absolute atomic E-state index is 11.8. The topological polar surface area (TPSA) is 68.9 Å². The molecule has 0 aliphatic heterocycles. The van der Waals surface area contributed by atoms with Gasteiger partial charge < -0.3 is 5.73 Å². The Balaban J connectivity index is 2.27. The second kappa shape index (κ2) is 4.96. The fourth-order valence-corrected chi connectivity index (χ4v) is 2.88. The van der Waals surface area contributed by atoms with E-state index >= 15 is 0 Å². The average molecular weight is 255 g/mol. The standard InChI is InChI=1S/C15H17N3O/c16-14-15(19)17-12-9-5-4-8-11(12)13(18-14)10-6-2-1-3-7-10/h4-5,8-10H,1-3,6-7H2,(H2,16,17,18,19). The monoisotopic (exact) mass is 255 g/mol. The Morgan fingerprint density at radius 2 is 1.79 bits per heavy atom. The first kappa shape index (κ1) is 12.1. The number of fused-ring (bicyclic) bond motifs is 1. The molecular formula is C15H17N3O. The maximum atomic E-state index is 11.8. The van der Waals surface area contributed by atoms with Crippen LogP contribution in [0.4, 0.5) is 5.82 Å². The number of aromatic nitrogens is 2. The molecule has 98 valence electrons. The third kappa shape index (κ3) is 2.30. The van der Waals surface area contributed by atoms with E-state index in [0.717, 1.165) is 23.9 Å². The van der Waals surface area contributed by atoms with Gasteiger partial charge in [-0.1, -0.05) is 37.5 Å². The molecule has 3 rings (SSSR count). The molecule has 0 unspecified atom stereocenters. The predicted molar refractivity (Wildman–Crippen MR) is 76.0 cm³/mol. The molecular weight excluding hydrogens is 238 g/mol. The van der Waals surface area contributed by atoms with Crippen LogP contribution in [0.2, 0.25) is 0 Å². The quantitative estimate of drug-likeness (QED) is 0.850. The minimum atomic E-state index is -0.432. The van der Waals surface area contributed by atoms with E-state index in [0.29, 0.717) is 11.4 Å². The van der Waals surface area contributed by atoms with Crippen molar-refractivity contribution in [3.63, 3.8) is 0 Å². The number of rotatable bonds is 1. The third-order valence-electron chi connectivity index (χ3n) is 3.85. The van der Waals surface area contributed by atoms with Crippen LogP contribution in [-0.4, -0.2) is 9.97 Å². The molecule has 1 heterocycles. The normalized spacial score (nSPS) is 16.6. The zero-order valence-corrected chi connectivity index (χ0v) is 10.8. The van der Waals surface area contributed by atoms with E-state index in [-0.39, 0.29) is 5.82 Å². The summed E-state index contributed by atoms with van der Waals surface area (Å²) in [5.41, 5.74) is 6.95. The van der Waals surface area contributed by atoms with Crippen molar-refractivity contribution in [3.8, 4) is 0 Å². The fraction of sp³-hybridized carbons (Fsp3) is 0.400. The number of benzene rings is 1. The number of anilines is 1. The van der Waals surface area contributed by atoms with Gasteiger partial charge in [-0.15, -0.1) is 0 Å². The molecule has 1 aromatic heterocycles. The summed E-state index contributed by atoms with van der Waals surface area (Å²) in [5.74, 6) is 0.409. The summed E-state index contributed by atoms with van der Waals surface area (Å²) in [4.78, 5) is 20.2. The van der Waals surface area contributed by atoms with Gasteiger partial charge in [0.1, 0.15) is 0 Å². The van der Waals surface area contributed by atoms with Crippen molar-refractivity contribution in [2.75, 3.05) is 5.73 Å². The van der Waals surface area contributed by atoms with Crippen molar-refractivity contribution in [1.82, 2.24) is 9.97 Å². The number of para-hydroxylation sites is 1. The van der Waals surface area contributed by atoms with Crippen molar-refractivity contribution < 1.29 is 0 Å². The average Bonchev–Trinajstić information content (AvgIpc) is 2.58. The Bertz CT molecular complexity index is 663. The smallest absolute Gasteiger partial charge is 0.312 e. The van der Waals surface area contributed by atoms with Gasteiger partial charge in [-0.3, -0.25) is 4.79 Å². The number of hydrogen-bond acceptors (Lipinski definition) is 4. The first-order chi connectivity index (χ1) is 9.25. The van der Waals surface area contributed by atoms with Gasteiger partial charge in [0.25, 0.3) is 0 Å². The van der Waals surface area contributed by atoms with Crippen molar-refractivity contribution in [2.45, 2.75) is 38.0 Å². The van der Waals surface area contributed by atoms with E-state index in [1.54, 1.807) is 0 Å². The first-order valence-corrected chi connectivity index (χ1v) is 6.82. The molecule has 2 N–H and O–H groups in total. The molecule has 19 heavy (non-hydrogen) atoms. The molecule has 1 aromatic carbocycles. The van der Waals surface area contributed by atoms with Crippen molar-refractivity contribution in [3.05, 3.63) is 40.3 Å². The fourth-order valence-electron chi connectivity index (χ4n) is 2.88. The molecule has 4 nitrogen and oxygen atoms in total. The zero-order valence-electron chi connectivity index (χ0n) is 10.8. The molecule has 0 amide bonds. The number of nitrogens with two attached hydrogens (primary N) is 1. The third-order valence-corrected chi connectivity index (χ3v) is 3.85. The lowest BCUT2D eigenvalue weighted by atomic mass is 9.85. The summed E-state index contributed by atoms with van der Waals surface area (Å²) < 4.78 is 0. The predicted octanol–water partition coefficient (Wildman–Crippen LogP) is 2.62. The van der Waals surface area contributed by atoms with Crippen LogP contribution < -0.4 is 11.3 Å². The summed E-state index contributed by atoms with van der Waals surface area (Å²) in [6.07, 6.45) is 5.96. The van der Waals surface area contributed by atoms with E-state index in [4.69, 9.17) is 5.73 Å². The highest BCUT2D eigenvalue weighted by atomic mass is 16.1. The van der Waals surface area contributed by atoms with Crippen molar-refractivity contribution in [1.29, 1.82) is 0 Å². The molecule has 0 saturated heterocycles. The molecule has 1 aliphatic carbocycles. The van der Waals surface area contributed by atoms with Gasteiger partial charge in [0.2, 0.25) is 0 Å². The van der Waals surface area contributed by atoms with E-state index in [2.05, 4.69) is 9.97 Å². The summed E-state index contributed by atoms with van der Waals surface area (Å²) in [6.45, 7) is 0. The van der Waals surface area contributed by atoms with Crippen LogP contribution in [0.15, 0.2) is 29.1 Å². The Morgan fingerprint density at radius 1 is 1.05 bits per heavy atom. The first-order valence-electron chi connectivity index (χ1n) is 6.82. The Hall–Kier alpha value is -1.97. The highest BCUT2D eigenvalue weighted by Gasteiger charge is 2.19. The lowest BCUT2D eigenvalue weighted by molar-refractivity contribution is 0.439. The number of hydrogen-bond donors (Lipinski definition) is 1.